The van der Waals surface area contributed by atoms with Gasteiger partial charge in [0.05, 0.1) is 11.8 Å². The first kappa shape index (κ1) is 37.8. The normalized spacial score (nSPS) is 17.4. The Morgan fingerprint density at radius 2 is 1.80 bits per heavy atom. The molecule has 5 aromatic rings. The summed E-state index contributed by atoms with van der Waals surface area (Å²) in [7, 11) is 0. The van der Waals surface area contributed by atoms with E-state index >= 15 is 0 Å². The third kappa shape index (κ3) is 8.83. The van der Waals surface area contributed by atoms with Crippen LogP contribution in [0.4, 0.5) is 18.9 Å². The fraction of sp³-hybridized carbons (Fsp3) is 0.333. The minimum atomic E-state index is -4.41. The van der Waals surface area contributed by atoms with Gasteiger partial charge in [0.2, 0.25) is 0 Å². The van der Waals surface area contributed by atoms with E-state index in [9.17, 15) is 18.0 Å². The van der Waals surface area contributed by atoms with Crippen molar-refractivity contribution in [3.63, 3.8) is 0 Å². The molecule has 0 radical (unpaired) electrons. The lowest BCUT2D eigenvalue weighted by molar-refractivity contribution is -0.0328. The third-order valence-corrected chi connectivity index (χ3v) is 13.1. The van der Waals surface area contributed by atoms with Crippen LogP contribution in [0, 0.1) is 12.3 Å². The van der Waals surface area contributed by atoms with Gasteiger partial charge in [-0.3, -0.25) is 14.4 Å². The molecule has 0 unspecified atom stereocenters. The molecule has 2 aromatic heterocycles. The summed E-state index contributed by atoms with van der Waals surface area (Å²) in [6.45, 7) is 6.02. The van der Waals surface area contributed by atoms with Crippen LogP contribution in [0.25, 0.3) is 16.6 Å². The summed E-state index contributed by atoms with van der Waals surface area (Å²) >= 11 is 7.06. The molecule has 1 spiro atoms. The van der Waals surface area contributed by atoms with E-state index in [4.69, 9.17) is 16.3 Å². The van der Waals surface area contributed by atoms with Crippen molar-refractivity contribution in [2.45, 2.75) is 60.7 Å². The van der Waals surface area contributed by atoms with Gasteiger partial charge in [-0.2, -0.15) is 13.2 Å². The number of alkyl halides is 3. The molecule has 13 heteroatoms. The number of halogens is 4. The number of allylic oxidation sites excluding steroid dienone is 1. The highest BCUT2D eigenvalue weighted by atomic mass is 35.5. The molecule has 0 atom stereocenters. The number of aromatic amines is 1. The second kappa shape index (κ2) is 15.8. The molecule has 1 saturated heterocycles. The van der Waals surface area contributed by atoms with Crippen LogP contribution < -0.4 is 14.4 Å². The van der Waals surface area contributed by atoms with Crippen molar-refractivity contribution in [2.75, 3.05) is 37.6 Å². The molecule has 2 fully saturated rings. The van der Waals surface area contributed by atoms with Crippen molar-refractivity contribution in [1.82, 2.24) is 19.6 Å². The summed E-state index contributed by atoms with van der Waals surface area (Å²) in [5, 5.41) is 1.63. The molecule has 1 aliphatic heterocycles. The van der Waals surface area contributed by atoms with Crippen LogP contribution >= 0.6 is 35.3 Å². The molecule has 1 saturated carbocycles. The number of benzene rings is 3. The number of amides is 1. The summed E-state index contributed by atoms with van der Waals surface area (Å²) in [5.41, 5.74) is 2.88. The summed E-state index contributed by atoms with van der Waals surface area (Å²) in [6.07, 6.45) is 11.0. The van der Waals surface area contributed by atoms with E-state index in [0.717, 1.165) is 79.3 Å². The lowest BCUT2D eigenvalue weighted by Gasteiger charge is -2.47. The molecule has 3 aromatic carbocycles. The Labute approximate surface area is 332 Å². The Bertz CT molecular complexity index is 2230. The number of piperazine rings is 1. The number of aromatic nitrogens is 2. The second-order valence-electron chi connectivity index (χ2n) is 14.8. The Balaban J connectivity index is 0.985. The standard InChI is InChI=1S/C42H41ClF3N5O2S2/c1-27-3-9-34(23-38(27)54-42(44,45)46)55-49-40(52)35-10-8-32(22-37(35)53-33-21-29-12-16-47-39(29)48-25-33)51-19-17-50(18-20-51)26-30-11-15-41(13-2-14-41)24-36(30)28-4-6-31(43)7-5-28/h3-10,12,16,21-23,25H,2,11,13-15,17-20,24,26H2,1H3,(H,47,48)(H,49,52). The first-order chi connectivity index (χ1) is 26.5. The number of hydrogen-bond acceptors (Lipinski definition) is 7. The number of nitrogens with one attached hydrogen (secondary N) is 2. The Morgan fingerprint density at radius 1 is 1.00 bits per heavy atom. The first-order valence-electron chi connectivity index (χ1n) is 18.5. The Morgan fingerprint density at radius 3 is 2.55 bits per heavy atom. The topological polar surface area (TPSA) is 73.5 Å². The lowest BCUT2D eigenvalue weighted by Crippen LogP contribution is -2.47. The minimum absolute atomic E-state index is 0.0902. The van der Waals surface area contributed by atoms with Gasteiger partial charge in [0.15, 0.2) is 0 Å². The number of fused-ring (bicyclic) bond motifs is 1. The van der Waals surface area contributed by atoms with E-state index in [1.165, 1.54) is 42.9 Å². The zero-order valence-corrected chi connectivity index (χ0v) is 32.7. The molecule has 8 rings (SSSR count). The van der Waals surface area contributed by atoms with Crippen molar-refractivity contribution in [2.24, 2.45) is 5.41 Å². The molecule has 3 heterocycles. The van der Waals surface area contributed by atoms with Gasteiger partial charge in [0, 0.05) is 70.9 Å². The molecule has 2 aliphatic carbocycles. The number of pyridine rings is 1. The van der Waals surface area contributed by atoms with E-state index in [2.05, 4.69) is 36.6 Å². The zero-order chi connectivity index (χ0) is 38.2. The van der Waals surface area contributed by atoms with E-state index in [1.807, 2.05) is 36.4 Å². The zero-order valence-electron chi connectivity index (χ0n) is 30.3. The predicted octanol–water partition coefficient (Wildman–Crippen LogP) is 11.3. The summed E-state index contributed by atoms with van der Waals surface area (Å²) in [5.74, 6) is 0.402. The van der Waals surface area contributed by atoms with E-state index in [1.54, 1.807) is 43.1 Å². The van der Waals surface area contributed by atoms with E-state index < -0.39 is 11.4 Å². The number of aryl methyl sites for hydroxylation is 1. The largest absolute Gasteiger partial charge is 0.455 e. The maximum atomic E-state index is 13.7. The number of rotatable bonds is 10. The van der Waals surface area contributed by atoms with Gasteiger partial charge in [-0.05, 0) is 133 Å². The van der Waals surface area contributed by atoms with Crippen LogP contribution in [0.15, 0.2) is 101 Å². The molecule has 286 valence electrons. The van der Waals surface area contributed by atoms with Gasteiger partial charge < -0.3 is 14.6 Å². The molecule has 7 nitrogen and oxygen atoms in total. The van der Waals surface area contributed by atoms with Crippen LogP contribution in [0.3, 0.4) is 0 Å². The highest BCUT2D eigenvalue weighted by Crippen LogP contribution is 2.55. The van der Waals surface area contributed by atoms with Crippen molar-refractivity contribution in [3.05, 3.63) is 112 Å². The second-order valence-corrected chi connectivity index (χ2v) is 17.2. The highest BCUT2D eigenvalue weighted by molar-refractivity contribution is 8.00. The molecule has 2 N–H and O–H groups in total. The molecule has 1 amide bonds. The van der Waals surface area contributed by atoms with Gasteiger partial charge in [-0.1, -0.05) is 41.8 Å². The van der Waals surface area contributed by atoms with Crippen molar-refractivity contribution in [1.29, 1.82) is 0 Å². The minimum Gasteiger partial charge on any atom is -0.455 e. The van der Waals surface area contributed by atoms with Crippen molar-refractivity contribution >= 4 is 63.5 Å². The number of thioether (sulfide) groups is 1. The SMILES string of the molecule is Cc1ccc(SNC(=O)c2ccc(N3CCN(CC4=C(c5ccc(Cl)cc5)CC5(CCC5)CC4)CC3)cc2Oc2cnc3[nH]ccc3c2)cc1SC(F)(F)F. The number of ether oxygens (including phenoxy) is 1. The van der Waals surface area contributed by atoms with E-state index in [0.29, 0.717) is 32.9 Å². The van der Waals surface area contributed by atoms with Gasteiger partial charge in [0.1, 0.15) is 17.1 Å². The third-order valence-electron chi connectivity index (χ3n) is 11.2. The summed E-state index contributed by atoms with van der Waals surface area (Å²) in [4.78, 5) is 26.6. The van der Waals surface area contributed by atoms with Crippen molar-refractivity contribution in [3.8, 4) is 11.5 Å². The van der Waals surface area contributed by atoms with Crippen LogP contribution in [0.2, 0.25) is 5.02 Å². The number of carbonyl (C=O) groups excluding carboxylic acids is 1. The highest BCUT2D eigenvalue weighted by Gasteiger charge is 2.41. The fourth-order valence-electron chi connectivity index (χ4n) is 7.95. The van der Waals surface area contributed by atoms with E-state index in [-0.39, 0.29) is 16.7 Å². The monoisotopic (exact) mass is 803 g/mol. The lowest BCUT2D eigenvalue weighted by atomic mass is 9.59. The van der Waals surface area contributed by atoms with Gasteiger partial charge in [0.25, 0.3) is 5.91 Å². The van der Waals surface area contributed by atoms with Crippen LogP contribution in [-0.2, 0) is 0 Å². The number of carbonyl (C=O) groups is 1. The molecule has 3 aliphatic rings. The average molecular weight is 804 g/mol. The number of nitrogens with zero attached hydrogens (tertiary/aromatic N) is 3. The molecule has 0 bridgehead atoms. The number of anilines is 1. The van der Waals surface area contributed by atoms with Crippen LogP contribution in [0.5, 0.6) is 11.5 Å². The Kier molecular flexibility index (Phi) is 10.9. The first-order valence-corrected chi connectivity index (χ1v) is 20.5. The van der Waals surface area contributed by atoms with Gasteiger partial charge in [-0.25, -0.2) is 4.98 Å². The van der Waals surface area contributed by atoms with Crippen LogP contribution in [-0.4, -0.2) is 59.0 Å². The van der Waals surface area contributed by atoms with Gasteiger partial charge in [-0.15, -0.1) is 0 Å². The Hall–Kier alpha value is -4.10. The number of hydrogen-bond donors (Lipinski definition) is 2. The fourth-order valence-corrected chi connectivity index (χ4v) is 9.44. The van der Waals surface area contributed by atoms with Crippen LogP contribution in [0.1, 0.15) is 60.0 Å². The summed E-state index contributed by atoms with van der Waals surface area (Å²) < 4.78 is 48.6. The quantitative estimate of drug-likeness (QED) is 0.108. The number of H-pyrrole nitrogens is 1. The predicted molar refractivity (Wildman–Crippen MR) is 216 cm³/mol. The summed E-state index contributed by atoms with van der Waals surface area (Å²) in [6, 6.07) is 22.4. The maximum Gasteiger partial charge on any atom is 0.446 e. The molecular formula is C42H41ClF3N5O2S2. The van der Waals surface area contributed by atoms with Gasteiger partial charge >= 0.3 is 5.51 Å². The van der Waals surface area contributed by atoms with Crippen molar-refractivity contribution < 1.29 is 22.7 Å². The smallest absolute Gasteiger partial charge is 0.446 e. The average Bonchev–Trinajstić information content (AvgIpc) is 3.63. The maximum absolute atomic E-state index is 13.7. The molecule has 55 heavy (non-hydrogen) atoms. The molecular weight excluding hydrogens is 763 g/mol.